The van der Waals surface area contributed by atoms with Crippen molar-refractivity contribution in [2.75, 3.05) is 17.2 Å². The third kappa shape index (κ3) is 2.29. The Balaban J connectivity index is 1.88. The maximum Gasteiger partial charge on any atom is 0.341 e. The molecule has 26 heavy (non-hydrogen) atoms. The largest absolute Gasteiger partial charge is 0.477 e. The molecule has 1 atom stereocenters. The molecule has 0 bridgehead atoms. The molecule has 5 nitrogen and oxygen atoms in total. The summed E-state index contributed by atoms with van der Waals surface area (Å²) in [4.78, 5) is 26.4. The Bertz CT molecular complexity index is 999. The molecular weight excluding hydrogens is 355 g/mol. The number of nitrogens with zero attached hydrogens (tertiary/aromatic N) is 2. The lowest BCUT2D eigenvalue weighted by atomic mass is 10.0. The predicted octanol–water partition coefficient (Wildman–Crippen LogP) is 3.39. The Morgan fingerprint density at radius 2 is 2.08 bits per heavy atom. The van der Waals surface area contributed by atoms with E-state index in [4.69, 9.17) is 0 Å². The molecule has 1 aromatic carbocycles. The number of hydrogen-bond acceptors (Lipinski definition) is 4. The molecule has 2 aliphatic heterocycles. The summed E-state index contributed by atoms with van der Waals surface area (Å²) >= 11 is 1.78. The number of anilines is 1. The first-order valence-electron chi connectivity index (χ1n) is 9.04. The zero-order valence-electron chi connectivity index (χ0n) is 14.2. The van der Waals surface area contributed by atoms with Gasteiger partial charge in [-0.25, -0.2) is 9.18 Å². The number of hydrogen-bond donors (Lipinski definition) is 1. The third-order valence-electron chi connectivity index (χ3n) is 5.73. The zero-order valence-corrected chi connectivity index (χ0v) is 15.0. The van der Waals surface area contributed by atoms with E-state index >= 15 is 4.39 Å². The number of carboxylic acids is 1. The van der Waals surface area contributed by atoms with E-state index in [1.165, 1.54) is 12.3 Å². The van der Waals surface area contributed by atoms with Crippen molar-refractivity contribution in [2.45, 2.75) is 43.5 Å². The van der Waals surface area contributed by atoms with Gasteiger partial charge in [-0.05, 0) is 31.7 Å². The van der Waals surface area contributed by atoms with Crippen LogP contribution in [0, 0.1) is 5.82 Å². The zero-order chi connectivity index (χ0) is 18.0. The second kappa shape index (κ2) is 5.74. The van der Waals surface area contributed by atoms with Gasteiger partial charge in [0.05, 0.1) is 11.2 Å². The van der Waals surface area contributed by atoms with Gasteiger partial charge in [0.2, 0.25) is 5.43 Å². The van der Waals surface area contributed by atoms with Crippen LogP contribution in [0.2, 0.25) is 0 Å². The van der Waals surface area contributed by atoms with Crippen molar-refractivity contribution in [1.29, 1.82) is 0 Å². The summed E-state index contributed by atoms with van der Waals surface area (Å²) in [5.41, 5.74) is 1.36. The van der Waals surface area contributed by atoms with Crippen LogP contribution < -0.4 is 10.3 Å². The van der Waals surface area contributed by atoms with Gasteiger partial charge in [-0.1, -0.05) is 0 Å². The van der Waals surface area contributed by atoms with E-state index in [-0.39, 0.29) is 17.0 Å². The molecule has 2 fully saturated rings. The van der Waals surface area contributed by atoms with Crippen molar-refractivity contribution in [2.24, 2.45) is 0 Å². The molecule has 2 aromatic rings. The predicted molar refractivity (Wildman–Crippen MR) is 99.9 cm³/mol. The summed E-state index contributed by atoms with van der Waals surface area (Å²) in [6, 6.07) is 1.81. The number of aromatic nitrogens is 1. The Morgan fingerprint density at radius 1 is 1.27 bits per heavy atom. The number of carbonyl (C=O) groups is 1. The van der Waals surface area contributed by atoms with Crippen molar-refractivity contribution < 1.29 is 14.3 Å². The molecule has 136 valence electrons. The van der Waals surface area contributed by atoms with E-state index in [0.717, 1.165) is 49.1 Å². The lowest BCUT2D eigenvalue weighted by Crippen LogP contribution is -2.31. The highest BCUT2D eigenvalue weighted by Crippen LogP contribution is 2.44. The van der Waals surface area contributed by atoms with Crippen molar-refractivity contribution in [3.63, 3.8) is 0 Å². The molecule has 1 saturated carbocycles. The Hall–Kier alpha value is -2.02. The fourth-order valence-corrected chi connectivity index (χ4v) is 5.61. The van der Waals surface area contributed by atoms with Gasteiger partial charge in [0.25, 0.3) is 0 Å². The van der Waals surface area contributed by atoms with Gasteiger partial charge in [-0.2, -0.15) is 11.8 Å². The van der Waals surface area contributed by atoms with Crippen LogP contribution in [0.4, 0.5) is 10.1 Å². The summed E-state index contributed by atoms with van der Waals surface area (Å²) in [6.45, 7) is 0.835. The average Bonchev–Trinajstić information content (AvgIpc) is 3.38. The smallest absolute Gasteiger partial charge is 0.341 e. The maximum absolute atomic E-state index is 15.1. The summed E-state index contributed by atoms with van der Waals surface area (Å²) in [5, 5.41) is 9.61. The highest BCUT2D eigenvalue weighted by atomic mass is 32.2. The average molecular weight is 374 g/mol. The topological polar surface area (TPSA) is 62.5 Å². The minimum Gasteiger partial charge on any atom is -0.477 e. The van der Waals surface area contributed by atoms with Crippen molar-refractivity contribution in [1.82, 2.24) is 4.57 Å². The number of thioether (sulfide) groups is 1. The van der Waals surface area contributed by atoms with E-state index in [1.807, 2.05) is 4.57 Å². The van der Waals surface area contributed by atoms with Gasteiger partial charge in [-0.15, -0.1) is 0 Å². The van der Waals surface area contributed by atoms with Crippen LogP contribution in [-0.4, -0.2) is 34.0 Å². The van der Waals surface area contributed by atoms with E-state index in [2.05, 4.69) is 4.90 Å². The molecule has 3 heterocycles. The van der Waals surface area contributed by atoms with Gasteiger partial charge in [0, 0.05) is 47.3 Å². The van der Waals surface area contributed by atoms with Crippen LogP contribution in [0.15, 0.2) is 17.1 Å². The number of fused-ring (bicyclic) bond motifs is 5. The van der Waals surface area contributed by atoms with Gasteiger partial charge >= 0.3 is 5.97 Å². The normalized spacial score (nSPS) is 22.2. The quantitative estimate of drug-likeness (QED) is 0.873. The van der Waals surface area contributed by atoms with Crippen molar-refractivity contribution >= 4 is 34.3 Å². The molecule has 0 spiro atoms. The van der Waals surface area contributed by atoms with Gasteiger partial charge in [-0.3, -0.25) is 4.79 Å². The highest BCUT2D eigenvalue weighted by molar-refractivity contribution is 7.98. The first-order chi connectivity index (χ1) is 12.6. The van der Waals surface area contributed by atoms with E-state index in [9.17, 15) is 14.7 Å². The van der Waals surface area contributed by atoms with Crippen molar-refractivity contribution in [3.8, 4) is 0 Å². The molecule has 1 unspecified atom stereocenters. The van der Waals surface area contributed by atoms with Gasteiger partial charge in [0.1, 0.15) is 11.4 Å². The molecule has 1 aromatic heterocycles. The minimum atomic E-state index is -1.25. The lowest BCUT2D eigenvalue weighted by molar-refractivity contribution is 0.0695. The van der Waals surface area contributed by atoms with Gasteiger partial charge < -0.3 is 14.6 Å². The summed E-state index contributed by atoms with van der Waals surface area (Å²) in [7, 11) is 0. The number of carboxylic acid groups (broad SMARTS) is 1. The molecule has 0 radical (unpaired) electrons. The molecule has 7 heteroatoms. The first-order valence-corrected chi connectivity index (χ1v) is 10.2. The second-order valence-electron chi connectivity index (χ2n) is 7.40. The lowest BCUT2D eigenvalue weighted by Gasteiger charge is -2.27. The Kier molecular flexibility index (Phi) is 3.57. The van der Waals surface area contributed by atoms with Crippen molar-refractivity contribution in [3.05, 3.63) is 39.4 Å². The third-order valence-corrected chi connectivity index (χ3v) is 6.84. The second-order valence-corrected chi connectivity index (χ2v) is 8.43. The molecular formula is C19H19FN2O3S. The standard InChI is InChI=1S/C19H19FN2O3S/c20-15-6-12-16(14-9-26-8-11-2-1-5-21(11)17(14)15)22(10-3-4-10)7-13(18(12)23)19(24)25/h6-7,10-11H,1-5,8-9H2,(H,24,25). The molecule has 0 amide bonds. The SMILES string of the molecule is O=C(O)c1cn(C2CC2)c2c3c(c(F)cc2c1=O)N1CCCC1CSC3. The molecule has 3 aliphatic rings. The molecule has 1 aliphatic carbocycles. The highest BCUT2D eigenvalue weighted by Gasteiger charge is 2.35. The number of halogens is 1. The van der Waals surface area contributed by atoms with Crippen LogP contribution in [0.3, 0.4) is 0 Å². The molecule has 5 rings (SSSR count). The van der Waals surface area contributed by atoms with Crippen LogP contribution in [0.5, 0.6) is 0 Å². The monoisotopic (exact) mass is 374 g/mol. The van der Waals surface area contributed by atoms with Crippen LogP contribution in [-0.2, 0) is 5.75 Å². The van der Waals surface area contributed by atoms with Crippen LogP contribution >= 0.6 is 11.8 Å². The van der Waals surface area contributed by atoms with Gasteiger partial charge in [0.15, 0.2) is 0 Å². The fourth-order valence-electron chi connectivity index (χ4n) is 4.40. The maximum atomic E-state index is 15.1. The Morgan fingerprint density at radius 3 is 2.81 bits per heavy atom. The van der Waals surface area contributed by atoms with Crippen LogP contribution in [0.25, 0.3) is 10.9 Å². The number of rotatable bonds is 2. The fraction of sp³-hybridized carbons (Fsp3) is 0.474. The van der Waals surface area contributed by atoms with E-state index < -0.39 is 17.2 Å². The van der Waals surface area contributed by atoms with Crippen LogP contribution in [0.1, 0.15) is 47.6 Å². The number of benzene rings is 1. The summed E-state index contributed by atoms with van der Waals surface area (Å²) in [6.07, 6.45) is 5.51. The first kappa shape index (κ1) is 16.2. The summed E-state index contributed by atoms with van der Waals surface area (Å²) in [5.74, 6) is -0.0504. The van der Waals surface area contributed by atoms with E-state index in [0.29, 0.717) is 17.5 Å². The number of pyridine rings is 1. The summed E-state index contributed by atoms with van der Waals surface area (Å²) < 4.78 is 17.1. The minimum absolute atomic E-state index is 0.200. The molecule has 1 N–H and O–H groups in total. The Labute approximate surface area is 153 Å². The molecule has 1 saturated heterocycles. The van der Waals surface area contributed by atoms with E-state index in [1.54, 1.807) is 11.8 Å². The number of aromatic carboxylic acids is 1.